The van der Waals surface area contributed by atoms with Crippen LogP contribution in [0, 0.1) is 11.8 Å². The van der Waals surface area contributed by atoms with E-state index < -0.39 is 0 Å². The Labute approximate surface area is 116 Å². The summed E-state index contributed by atoms with van der Waals surface area (Å²) in [5, 5.41) is 0. The van der Waals surface area contributed by atoms with Crippen LogP contribution in [0.2, 0.25) is 0 Å². The molecule has 0 radical (unpaired) electrons. The fourth-order valence-electron chi connectivity index (χ4n) is 1.93. The van der Waals surface area contributed by atoms with Gasteiger partial charge in [0.25, 0.3) is 0 Å². The maximum absolute atomic E-state index is 12.5. The molecule has 1 aromatic carbocycles. The zero-order valence-electron chi connectivity index (χ0n) is 12.3. The number of nitrogens with zero attached hydrogens (tertiary/aromatic N) is 1. The Balaban J connectivity index is 2.74. The maximum atomic E-state index is 12.5. The van der Waals surface area contributed by atoms with Gasteiger partial charge in [0.05, 0.1) is 0 Å². The second-order valence-corrected chi connectivity index (χ2v) is 5.42. The van der Waals surface area contributed by atoms with Crippen molar-refractivity contribution in [1.29, 1.82) is 0 Å². The Morgan fingerprint density at radius 3 is 2.37 bits per heavy atom. The van der Waals surface area contributed by atoms with Gasteiger partial charge in [-0.15, -0.1) is 0 Å². The number of nitrogens with two attached hydrogens (primary N) is 1. The molecule has 0 fully saturated rings. The molecule has 0 aliphatic heterocycles. The van der Waals surface area contributed by atoms with E-state index >= 15 is 0 Å². The quantitative estimate of drug-likeness (QED) is 0.821. The van der Waals surface area contributed by atoms with Crippen LogP contribution in [0.4, 0.5) is 0 Å². The fourth-order valence-corrected chi connectivity index (χ4v) is 1.93. The topological polar surface area (TPSA) is 46.3 Å². The van der Waals surface area contributed by atoms with Crippen LogP contribution in [0.1, 0.15) is 32.8 Å². The highest BCUT2D eigenvalue weighted by Crippen LogP contribution is 2.16. The average Bonchev–Trinajstić information content (AvgIpc) is 2.42. The van der Waals surface area contributed by atoms with E-state index in [1.807, 2.05) is 30.0 Å². The van der Waals surface area contributed by atoms with Gasteiger partial charge in [0, 0.05) is 19.0 Å². The highest BCUT2D eigenvalue weighted by Gasteiger charge is 2.22. The summed E-state index contributed by atoms with van der Waals surface area (Å²) < 4.78 is 0. The number of benzene rings is 1. The minimum atomic E-state index is 0.0569. The standard InChI is InChI=1S/C16H26N2O/c1-13(2)14(3)16(19)18(11-7-10-17)12-15-8-5-4-6-9-15/h4-6,8-9,13-14H,7,10-12,17H2,1-3H3. The Hall–Kier alpha value is -1.35. The lowest BCUT2D eigenvalue weighted by molar-refractivity contribution is -0.137. The van der Waals surface area contributed by atoms with Crippen LogP contribution in [0.25, 0.3) is 0 Å². The van der Waals surface area contributed by atoms with Gasteiger partial charge in [-0.2, -0.15) is 0 Å². The molecule has 0 saturated heterocycles. The summed E-state index contributed by atoms with van der Waals surface area (Å²) in [6.07, 6.45) is 0.851. The van der Waals surface area contributed by atoms with Gasteiger partial charge < -0.3 is 10.6 Å². The Morgan fingerprint density at radius 2 is 1.84 bits per heavy atom. The van der Waals surface area contributed by atoms with E-state index in [1.165, 1.54) is 5.56 Å². The molecule has 1 aromatic rings. The molecule has 0 aliphatic rings. The van der Waals surface area contributed by atoms with Crippen LogP contribution in [0.5, 0.6) is 0 Å². The van der Waals surface area contributed by atoms with Crippen LogP contribution in [-0.4, -0.2) is 23.9 Å². The first-order chi connectivity index (χ1) is 9.06. The lowest BCUT2D eigenvalue weighted by Gasteiger charge is -2.27. The lowest BCUT2D eigenvalue weighted by Crippen LogP contribution is -2.37. The van der Waals surface area contributed by atoms with Crippen molar-refractivity contribution < 1.29 is 4.79 Å². The van der Waals surface area contributed by atoms with Crippen molar-refractivity contribution in [2.24, 2.45) is 17.6 Å². The summed E-state index contributed by atoms with van der Waals surface area (Å²) in [5.41, 5.74) is 6.74. The molecule has 0 saturated carbocycles. The van der Waals surface area contributed by atoms with Gasteiger partial charge >= 0.3 is 0 Å². The number of carbonyl (C=O) groups is 1. The van der Waals surface area contributed by atoms with Crippen molar-refractivity contribution in [3.05, 3.63) is 35.9 Å². The number of hydrogen-bond acceptors (Lipinski definition) is 2. The molecule has 0 heterocycles. The van der Waals surface area contributed by atoms with Crippen LogP contribution in [0.3, 0.4) is 0 Å². The molecule has 0 aliphatic carbocycles. The summed E-state index contributed by atoms with van der Waals surface area (Å²) in [7, 11) is 0. The van der Waals surface area contributed by atoms with Crippen LogP contribution < -0.4 is 5.73 Å². The summed E-state index contributed by atoms with van der Waals surface area (Å²) in [6.45, 7) is 8.22. The molecule has 3 heteroatoms. The smallest absolute Gasteiger partial charge is 0.225 e. The third-order valence-electron chi connectivity index (χ3n) is 3.55. The van der Waals surface area contributed by atoms with Crippen LogP contribution in [-0.2, 0) is 11.3 Å². The first-order valence-electron chi connectivity index (χ1n) is 7.09. The molecule has 0 aromatic heterocycles. The van der Waals surface area contributed by atoms with E-state index in [0.717, 1.165) is 13.0 Å². The lowest BCUT2D eigenvalue weighted by atomic mass is 9.96. The third kappa shape index (κ3) is 5.03. The summed E-state index contributed by atoms with van der Waals surface area (Å²) in [6, 6.07) is 10.1. The molecule has 1 unspecified atom stereocenters. The Bertz CT molecular complexity index is 376. The fraction of sp³-hybridized carbons (Fsp3) is 0.562. The predicted octanol–water partition coefficient (Wildman–Crippen LogP) is 2.66. The Morgan fingerprint density at radius 1 is 1.21 bits per heavy atom. The molecule has 1 atom stereocenters. The number of rotatable bonds is 7. The molecule has 19 heavy (non-hydrogen) atoms. The monoisotopic (exact) mass is 262 g/mol. The highest BCUT2D eigenvalue weighted by molar-refractivity contribution is 5.78. The largest absolute Gasteiger partial charge is 0.338 e. The van der Waals surface area contributed by atoms with Crippen molar-refractivity contribution in [3.63, 3.8) is 0 Å². The molecule has 0 spiro atoms. The van der Waals surface area contributed by atoms with Gasteiger partial charge in [-0.3, -0.25) is 4.79 Å². The number of carbonyl (C=O) groups excluding carboxylic acids is 1. The molecule has 106 valence electrons. The van der Waals surface area contributed by atoms with Crippen molar-refractivity contribution in [1.82, 2.24) is 4.90 Å². The van der Waals surface area contributed by atoms with Crippen LogP contribution >= 0.6 is 0 Å². The molecule has 2 N–H and O–H groups in total. The van der Waals surface area contributed by atoms with Crippen molar-refractivity contribution in [2.45, 2.75) is 33.7 Å². The van der Waals surface area contributed by atoms with Gasteiger partial charge in [-0.05, 0) is 24.4 Å². The van der Waals surface area contributed by atoms with Gasteiger partial charge in [0.15, 0.2) is 0 Å². The molecular formula is C16H26N2O. The summed E-state index contributed by atoms with van der Waals surface area (Å²) in [4.78, 5) is 14.4. The number of amides is 1. The normalized spacial score (nSPS) is 12.5. The molecule has 1 amide bonds. The van der Waals surface area contributed by atoms with E-state index in [4.69, 9.17) is 5.73 Å². The SMILES string of the molecule is CC(C)C(C)C(=O)N(CCCN)Cc1ccccc1. The first-order valence-corrected chi connectivity index (χ1v) is 7.09. The molecule has 0 bridgehead atoms. The second-order valence-electron chi connectivity index (χ2n) is 5.42. The van der Waals surface area contributed by atoms with E-state index in [0.29, 0.717) is 19.0 Å². The van der Waals surface area contributed by atoms with Gasteiger partial charge in [0.2, 0.25) is 5.91 Å². The van der Waals surface area contributed by atoms with Gasteiger partial charge in [-0.25, -0.2) is 0 Å². The number of hydrogen-bond donors (Lipinski definition) is 1. The maximum Gasteiger partial charge on any atom is 0.225 e. The minimum absolute atomic E-state index is 0.0569. The zero-order valence-corrected chi connectivity index (χ0v) is 12.3. The van der Waals surface area contributed by atoms with Crippen molar-refractivity contribution >= 4 is 5.91 Å². The zero-order chi connectivity index (χ0) is 14.3. The van der Waals surface area contributed by atoms with Crippen LogP contribution in [0.15, 0.2) is 30.3 Å². The Kier molecular flexibility index (Phi) is 6.57. The van der Waals surface area contributed by atoms with E-state index in [-0.39, 0.29) is 11.8 Å². The van der Waals surface area contributed by atoms with Crippen molar-refractivity contribution in [3.8, 4) is 0 Å². The van der Waals surface area contributed by atoms with E-state index in [9.17, 15) is 4.79 Å². The van der Waals surface area contributed by atoms with Gasteiger partial charge in [-0.1, -0.05) is 51.1 Å². The summed E-state index contributed by atoms with van der Waals surface area (Å²) >= 11 is 0. The van der Waals surface area contributed by atoms with E-state index in [2.05, 4.69) is 26.0 Å². The average molecular weight is 262 g/mol. The van der Waals surface area contributed by atoms with E-state index in [1.54, 1.807) is 0 Å². The minimum Gasteiger partial charge on any atom is -0.338 e. The first kappa shape index (κ1) is 15.7. The highest BCUT2D eigenvalue weighted by atomic mass is 16.2. The van der Waals surface area contributed by atoms with Gasteiger partial charge in [0.1, 0.15) is 0 Å². The molecule has 1 rings (SSSR count). The van der Waals surface area contributed by atoms with Crippen molar-refractivity contribution in [2.75, 3.05) is 13.1 Å². The third-order valence-corrected chi connectivity index (χ3v) is 3.55. The molecular weight excluding hydrogens is 236 g/mol. The summed E-state index contributed by atoms with van der Waals surface area (Å²) in [5.74, 6) is 0.650. The predicted molar refractivity (Wildman–Crippen MR) is 79.5 cm³/mol. The second kappa shape index (κ2) is 7.95. The molecule has 3 nitrogen and oxygen atoms in total.